The number of likely N-dealkylation sites (tertiary alicyclic amines) is 1. The molecule has 7 rings (SSSR count). The van der Waals surface area contributed by atoms with Crippen LogP contribution >= 0.6 is 0 Å². The van der Waals surface area contributed by atoms with Crippen molar-refractivity contribution in [1.29, 1.82) is 0 Å². The summed E-state index contributed by atoms with van der Waals surface area (Å²) in [5, 5.41) is 0. The number of methoxy groups -OCH3 is 1. The normalized spacial score (nSPS) is 36.4. The highest BCUT2D eigenvalue weighted by Gasteiger charge is 2.73. The average Bonchev–Trinajstić information content (AvgIpc) is 3.74. The molecular formula is C41H56N2O8. The van der Waals surface area contributed by atoms with Gasteiger partial charge >= 0.3 is 17.9 Å². The number of carbonyl (C=O) groups excluding carboxylic acids is 5. The maximum absolute atomic E-state index is 14.8. The first kappa shape index (κ1) is 36.0. The second-order valence-corrected chi connectivity index (χ2v) is 17.9. The van der Waals surface area contributed by atoms with Gasteiger partial charge in [-0.15, -0.1) is 0 Å². The first-order valence-corrected chi connectivity index (χ1v) is 19.3. The third kappa shape index (κ3) is 5.34. The Morgan fingerprint density at radius 1 is 0.843 bits per heavy atom. The quantitative estimate of drug-likeness (QED) is 0.236. The molecule has 8 atom stereocenters. The zero-order valence-electron chi connectivity index (χ0n) is 31.5. The van der Waals surface area contributed by atoms with E-state index < -0.39 is 22.0 Å². The van der Waals surface area contributed by atoms with Gasteiger partial charge in [0, 0.05) is 43.6 Å². The number of anilines is 1. The molecule has 2 amide bonds. The first-order chi connectivity index (χ1) is 24.1. The monoisotopic (exact) mass is 704 g/mol. The van der Waals surface area contributed by atoms with Crippen molar-refractivity contribution in [2.75, 3.05) is 31.6 Å². The van der Waals surface area contributed by atoms with Gasteiger partial charge in [-0.2, -0.15) is 0 Å². The Morgan fingerprint density at radius 3 is 1.92 bits per heavy atom. The molecule has 3 saturated heterocycles. The smallest absolute Gasteiger partial charge is 0.313 e. The number of benzene rings is 1. The molecular weight excluding hydrogens is 648 g/mol. The number of fused-ring (bicyclic) bond motifs is 5. The Kier molecular flexibility index (Phi) is 8.89. The van der Waals surface area contributed by atoms with E-state index in [-0.39, 0.29) is 77.6 Å². The Balaban J connectivity index is 1.09. The van der Waals surface area contributed by atoms with Gasteiger partial charge in [-0.1, -0.05) is 45.9 Å². The van der Waals surface area contributed by atoms with Gasteiger partial charge in [0.15, 0.2) is 11.2 Å². The standard InChI is InChI=1S/C41H56N2O8/c1-24(2)32-38(5)14-16-40(32,50-36(38)47)34(45)42-18-12-26(13-19-42)20-28(22-31(44)49-7)29-21-27-10-8-9-11-30(27)43(23-29)35(46)41-17-15-39(6,37(48)51-41)33(41)25(3)4/h8-11,24-26,28-29,32-33H,12-23H2,1-7H3/t28-,29?,32+,33+,38?,39?,40+,41+/m0/s1. The topological polar surface area (TPSA) is 120 Å². The largest absolute Gasteiger partial charge is 0.469 e. The van der Waals surface area contributed by atoms with E-state index in [1.165, 1.54) is 7.11 Å². The van der Waals surface area contributed by atoms with E-state index in [1.54, 1.807) is 0 Å². The van der Waals surface area contributed by atoms with Gasteiger partial charge in [0.25, 0.3) is 11.8 Å². The fraction of sp³-hybridized carbons (Fsp3) is 0.732. The van der Waals surface area contributed by atoms with Crippen LogP contribution in [0.1, 0.15) is 98.5 Å². The average molecular weight is 705 g/mol. The molecule has 10 heteroatoms. The Morgan fingerprint density at radius 2 is 1.39 bits per heavy atom. The number of ether oxygens (including phenoxy) is 3. The molecule has 4 bridgehead atoms. The Bertz CT molecular complexity index is 1620. The zero-order valence-corrected chi connectivity index (χ0v) is 31.5. The molecule has 5 fully saturated rings. The Hall–Kier alpha value is -3.43. The van der Waals surface area contributed by atoms with Crippen molar-refractivity contribution < 1.29 is 38.2 Å². The highest BCUT2D eigenvalue weighted by Crippen LogP contribution is 2.62. The maximum atomic E-state index is 14.8. The highest BCUT2D eigenvalue weighted by molar-refractivity contribution is 6.05. The lowest BCUT2D eigenvalue weighted by atomic mass is 9.71. The van der Waals surface area contributed by atoms with Crippen LogP contribution in [-0.4, -0.2) is 72.6 Å². The number of carbonyl (C=O) groups is 5. The van der Waals surface area contributed by atoms with Crippen LogP contribution in [0.15, 0.2) is 24.3 Å². The van der Waals surface area contributed by atoms with Crippen molar-refractivity contribution >= 4 is 35.4 Å². The fourth-order valence-corrected chi connectivity index (χ4v) is 12.1. The lowest BCUT2D eigenvalue weighted by Gasteiger charge is -2.43. The molecule has 278 valence electrons. The number of hydrogen-bond acceptors (Lipinski definition) is 8. The van der Waals surface area contributed by atoms with Crippen LogP contribution in [0.2, 0.25) is 0 Å². The summed E-state index contributed by atoms with van der Waals surface area (Å²) in [6.45, 7) is 13.8. The highest BCUT2D eigenvalue weighted by atomic mass is 16.6. The lowest BCUT2D eigenvalue weighted by molar-refractivity contribution is -0.173. The Labute approximate surface area is 302 Å². The summed E-state index contributed by atoms with van der Waals surface area (Å²) >= 11 is 0. The van der Waals surface area contributed by atoms with Crippen LogP contribution in [0.3, 0.4) is 0 Å². The summed E-state index contributed by atoms with van der Waals surface area (Å²) in [6.07, 6.45) is 5.71. The summed E-state index contributed by atoms with van der Waals surface area (Å²) < 4.78 is 17.3. The van der Waals surface area contributed by atoms with E-state index >= 15 is 0 Å². The number of amides is 2. The molecule has 1 aromatic carbocycles. The van der Waals surface area contributed by atoms with Crippen LogP contribution in [0.25, 0.3) is 0 Å². The third-order valence-corrected chi connectivity index (χ3v) is 14.2. The molecule has 2 saturated carbocycles. The van der Waals surface area contributed by atoms with Crippen LogP contribution < -0.4 is 4.90 Å². The molecule has 6 aliphatic rings. The molecule has 51 heavy (non-hydrogen) atoms. The van der Waals surface area contributed by atoms with Crippen molar-refractivity contribution in [3.63, 3.8) is 0 Å². The summed E-state index contributed by atoms with van der Waals surface area (Å²) in [7, 11) is 1.42. The predicted octanol–water partition coefficient (Wildman–Crippen LogP) is 5.74. The predicted molar refractivity (Wildman–Crippen MR) is 189 cm³/mol. The van der Waals surface area contributed by atoms with Gasteiger partial charge in [0.1, 0.15) is 0 Å². The molecule has 2 aliphatic carbocycles. The van der Waals surface area contributed by atoms with Gasteiger partial charge in [-0.25, -0.2) is 0 Å². The van der Waals surface area contributed by atoms with Crippen LogP contribution in [0.5, 0.6) is 0 Å². The van der Waals surface area contributed by atoms with E-state index in [1.807, 2.05) is 41.8 Å². The SMILES string of the molecule is COC(=O)C[C@H](CC1CCN(C(=O)[C@]23CCC(C)(C(=O)O2)[C@H]3C(C)C)CC1)C1Cc2ccccc2N(C(=O)[C@]23CCC(C)(C(=O)O2)[C@H]3C(C)C)C1. The van der Waals surface area contributed by atoms with Crippen molar-refractivity contribution in [3.8, 4) is 0 Å². The number of esters is 3. The van der Waals surface area contributed by atoms with Gasteiger partial charge in [0.05, 0.1) is 17.9 Å². The van der Waals surface area contributed by atoms with Crippen molar-refractivity contribution in [2.45, 2.75) is 111 Å². The van der Waals surface area contributed by atoms with Gasteiger partial charge in [-0.05, 0) is 106 Å². The summed E-state index contributed by atoms with van der Waals surface area (Å²) in [5.41, 5.74) is -1.63. The van der Waals surface area contributed by atoms with Crippen molar-refractivity contribution in [1.82, 2.24) is 4.90 Å². The zero-order chi connectivity index (χ0) is 36.7. The molecule has 10 nitrogen and oxygen atoms in total. The minimum atomic E-state index is -1.19. The minimum Gasteiger partial charge on any atom is -0.469 e. The molecule has 0 spiro atoms. The fourth-order valence-electron chi connectivity index (χ4n) is 12.1. The molecule has 1 aromatic rings. The molecule has 4 heterocycles. The first-order valence-electron chi connectivity index (χ1n) is 19.3. The van der Waals surface area contributed by atoms with Gasteiger partial charge in [-0.3, -0.25) is 24.0 Å². The second kappa shape index (κ2) is 12.6. The van der Waals surface area contributed by atoms with Crippen LogP contribution in [0, 0.1) is 52.3 Å². The van der Waals surface area contributed by atoms with E-state index in [2.05, 4.69) is 33.8 Å². The molecule has 0 N–H and O–H groups in total. The molecule has 0 aromatic heterocycles. The van der Waals surface area contributed by atoms with E-state index in [0.29, 0.717) is 45.3 Å². The third-order valence-electron chi connectivity index (χ3n) is 14.2. The number of para-hydroxylation sites is 1. The van der Waals surface area contributed by atoms with Gasteiger partial charge in [0.2, 0.25) is 0 Å². The number of rotatable bonds is 9. The van der Waals surface area contributed by atoms with E-state index in [4.69, 9.17) is 14.2 Å². The number of piperidine rings is 1. The summed E-state index contributed by atoms with van der Waals surface area (Å²) in [6, 6.07) is 7.97. The number of nitrogens with zero attached hydrogens (tertiary/aromatic N) is 2. The molecule has 0 radical (unpaired) electrons. The van der Waals surface area contributed by atoms with Crippen molar-refractivity contribution in [2.24, 2.45) is 52.3 Å². The van der Waals surface area contributed by atoms with Gasteiger partial charge < -0.3 is 24.0 Å². The van der Waals surface area contributed by atoms with Crippen LogP contribution in [0.4, 0.5) is 5.69 Å². The van der Waals surface area contributed by atoms with E-state index in [9.17, 15) is 24.0 Å². The summed E-state index contributed by atoms with van der Waals surface area (Å²) in [5.74, 6) is -0.884. The molecule has 4 aliphatic heterocycles. The number of hydrogen-bond donors (Lipinski definition) is 0. The molecule has 3 unspecified atom stereocenters. The maximum Gasteiger partial charge on any atom is 0.313 e. The lowest BCUT2D eigenvalue weighted by Crippen LogP contribution is -2.56. The van der Waals surface area contributed by atoms with Crippen LogP contribution in [-0.2, 0) is 44.6 Å². The summed E-state index contributed by atoms with van der Waals surface area (Å²) in [4.78, 5) is 71.8. The second-order valence-electron chi connectivity index (χ2n) is 17.9. The van der Waals surface area contributed by atoms with E-state index in [0.717, 1.165) is 36.9 Å². The minimum absolute atomic E-state index is 0.0128. The van der Waals surface area contributed by atoms with Crippen molar-refractivity contribution in [3.05, 3.63) is 29.8 Å².